The van der Waals surface area contributed by atoms with Gasteiger partial charge in [0.05, 0.1) is 5.75 Å². The van der Waals surface area contributed by atoms with E-state index in [0.29, 0.717) is 6.42 Å². The Labute approximate surface area is 97.4 Å². The number of aromatic carboxylic acids is 1. The number of carbonyl (C=O) groups is 1. The van der Waals surface area contributed by atoms with Crippen LogP contribution >= 0.6 is 11.3 Å². The summed E-state index contributed by atoms with van der Waals surface area (Å²) in [6, 6.07) is 0. The van der Waals surface area contributed by atoms with Crippen molar-refractivity contribution in [2.45, 2.75) is 19.8 Å². The summed E-state index contributed by atoms with van der Waals surface area (Å²) >= 11 is 0.956. The van der Waals surface area contributed by atoms with E-state index in [1.165, 1.54) is 5.38 Å². The fourth-order valence-electron chi connectivity index (χ4n) is 0.937. The van der Waals surface area contributed by atoms with Crippen LogP contribution < -0.4 is 4.72 Å². The lowest BCUT2D eigenvalue weighted by Crippen LogP contribution is -2.16. The molecule has 1 aromatic rings. The lowest BCUT2D eigenvalue weighted by molar-refractivity contribution is 0.0691. The van der Waals surface area contributed by atoms with Gasteiger partial charge in [-0.1, -0.05) is 13.3 Å². The van der Waals surface area contributed by atoms with Gasteiger partial charge in [-0.15, -0.1) is 11.3 Å². The molecule has 0 aliphatic rings. The summed E-state index contributed by atoms with van der Waals surface area (Å²) < 4.78 is 25.1. The zero-order chi connectivity index (χ0) is 12.2. The maximum Gasteiger partial charge on any atom is 0.355 e. The molecule has 1 aromatic heterocycles. The zero-order valence-corrected chi connectivity index (χ0v) is 10.3. The summed E-state index contributed by atoms with van der Waals surface area (Å²) in [4.78, 5) is 14.2. The molecule has 0 atom stereocenters. The van der Waals surface area contributed by atoms with E-state index in [-0.39, 0.29) is 16.6 Å². The number of carboxylic acid groups (broad SMARTS) is 1. The molecule has 0 radical (unpaired) electrons. The molecule has 8 heteroatoms. The van der Waals surface area contributed by atoms with Crippen molar-refractivity contribution in [3.8, 4) is 0 Å². The van der Waals surface area contributed by atoms with Crippen LogP contribution in [-0.4, -0.2) is 30.2 Å². The van der Waals surface area contributed by atoms with Gasteiger partial charge in [0.15, 0.2) is 10.8 Å². The lowest BCUT2D eigenvalue weighted by Gasteiger charge is -2.02. The number of hydrogen-bond donors (Lipinski definition) is 2. The Bertz CT molecular complexity index is 466. The highest BCUT2D eigenvalue weighted by molar-refractivity contribution is 7.92. The van der Waals surface area contributed by atoms with Gasteiger partial charge in [-0.25, -0.2) is 18.2 Å². The van der Waals surface area contributed by atoms with Gasteiger partial charge in [-0.3, -0.25) is 4.72 Å². The molecule has 0 aromatic carbocycles. The minimum atomic E-state index is -3.40. The van der Waals surface area contributed by atoms with Gasteiger partial charge in [-0.2, -0.15) is 0 Å². The first kappa shape index (κ1) is 12.9. The summed E-state index contributed by atoms with van der Waals surface area (Å²) in [5, 5.41) is 9.99. The van der Waals surface area contributed by atoms with Crippen LogP contribution in [0.3, 0.4) is 0 Å². The number of nitrogens with one attached hydrogen (secondary N) is 1. The number of carboxylic acids is 1. The number of rotatable bonds is 6. The summed E-state index contributed by atoms with van der Waals surface area (Å²) in [6.45, 7) is 1.89. The predicted octanol–water partition coefficient (Wildman–Crippen LogP) is 1.38. The van der Waals surface area contributed by atoms with Crippen LogP contribution in [0.2, 0.25) is 0 Å². The summed E-state index contributed by atoms with van der Waals surface area (Å²) in [6.07, 6.45) is 1.34. The molecular formula is C8H12N2O4S2. The normalized spacial score (nSPS) is 11.3. The third-order valence-corrected chi connectivity index (χ3v) is 3.95. The molecular weight excluding hydrogens is 252 g/mol. The smallest absolute Gasteiger partial charge is 0.355 e. The fourth-order valence-corrected chi connectivity index (χ4v) is 3.12. The Morgan fingerprint density at radius 2 is 2.31 bits per heavy atom. The number of sulfonamides is 1. The largest absolute Gasteiger partial charge is 0.476 e. The molecule has 0 aliphatic heterocycles. The average molecular weight is 264 g/mol. The molecule has 0 saturated carbocycles. The van der Waals surface area contributed by atoms with E-state index in [9.17, 15) is 13.2 Å². The number of unbranched alkanes of at least 4 members (excludes halogenated alkanes) is 1. The Morgan fingerprint density at radius 3 is 2.81 bits per heavy atom. The highest BCUT2D eigenvalue weighted by Crippen LogP contribution is 2.17. The van der Waals surface area contributed by atoms with Gasteiger partial charge in [0, 0.05) is 5.38 Å². The molecule has 0 amide bonds. The van der Waals surface area contributed by atoms with E-state index >= 15 is 0 Å². The van der Waals surface area contributed by atoms with Gasteiger partial charge in [0.1, 0.15) is 0 Å². The van der Waals surface area contributed by atoms with Crippen molar-refractivity contribution < 1.29 is 18.3 Å². The molecule has 1 heterocycles. The number of aromatic nitrogens is 1. The van der Waals surface area contributed by atoms with E-state index in [0.717, 1.165) is 17.8 Å². The molecule has 90 valence electrons. The van der Waals surface area contributed by atoms with Crippen LogP contribution in [0.1, 0.15) is 30.3 Å². The van der Waals surface area contributed by atoms with E-state index in [1.807, 2.05) is 6.92 Å². The van der Waals surface area contributed by atoms with Gasteiger partial charge < -0.3 is 5.11 Å². The Balaban J connectivity index is 2.69. The van der Waals surface area contributed by atoms with Gasteiger partial charge in [0.2, 0.25) is 10.0 Å². The molecule has 0 fully saturated rings. The topological polar surface area (TPSA) is 96.4 Å². The molecule has 0 aliphatic carbocycles. The van der Waals surface area contributed by atoms with Crippen LogP contribution in [0.25, 0.3) is 0 Å². The SMILES string of the molecule is CCCCS(=O)(=O)Nc1nc(C(=O)O)cs1. The standard InChI is InChI=1S/C8H12N2O4S2/c1-2-3-4-16(13,14)10-8-9-6(5-15-8)7(11)12/h5H,2-4H2,1H3,(H,9,10)(H,11,12). The van der Waals surface area contributed by atoms with Crippen molar-refractivity contribution in [1.82, 2.24) is 4.98 Å². The molecule has 1 rings (SSSR count). The van der Waals surface area contributed by atoms with Gasteiger partial charge >= 0.3 is 5.97 Å². The first-order chi connectivity index (χ1) is 7.44. The van der Waals surface area contributed by atoms with Crippen molar-refractivity contribution in [2.75, 3.05) is 10.5 Å². The lowest BCUT2D eigenvalue weighted by atomic mass is 10.4. The van der Waals surface area contributed by atoms with Crippen molar-refractivity contribution in [3.05, 3.63) is 11.1 Å². The van der Waals surface area contributed by atoms with E-state index < -0.39 is 16.0 Å². The summed E-state index contributed by atoms with van der Waals surface area (Å²) in [5.74, 6) is -1.15. The number of anilines is 1. The monoisotopic (exact) mass is 264 g/mol. The first-order valence-corrected chi connectivity index (χ1v) is 7.17. The predicted molar refractivity (Wildman–Crippen MR) is 61.4 cm³/mol. The highest BCUT2D eigenvalue weighted by atomic mass is 32.2. The number of hydrogen-bond acceptors (Lipinski definition) is 5. The molecule has 0 saturated heterocycles. The average Bonchev–Trinajstić information content (AvgIpc) is 2.62. The minimum absolute atomic E-state index is 0.0193. The zero-order valence-electron chi connectivity index (χ0n) is 8.63. The Hall–Kier alpha value is -1.15. The maximum atomic E-state index is 11.4. The molecule has 0 spiro atoms. The van der Waals surface area contributed by atoms with E-state index in [2.05, 4.69) is 9.71 Å². The molecule has 6 nitrogen and oxygen atoms in total. The van der Waals surface area contributed by atoms with Crippen LogP contribution in [0.5, 0.6) is 0 Å². The van der Waals surface area contributed by atoms with Crippen molar-refractivity contribution in [2.24, 2.45) is 0 Å². The summed E-state index contributed by atoms with van der Waals surface area (Å²) in [7, 11) is -3.40. The molecule has 0 bridgehead atoms. The summed E-state index contributed by atoms with van der Waals surface area (Å²) in [5.41, 5.74) is -0.154. The maximum absolute atomic E-state index is 11.4. The molecule has 0 unspecified atom stereocenters. The minimum Gasteiger partial charge on any atom is -0.476 e. The number of thiazole rings is 1. The van der Waals surface area contributed by atoms with Crippen LogP contribution in [0, 0.1) is 0 Å². The Morgan fingerprint density at radius 1 is 1.62 bits per heavy atom. The highest BCUT2D eigenvalue weighted by Gasteiger charge is 2.14. The van der Waals surface area contributed by atoms with Gasteiger partial charge in [0.25, 0.3) is 0 Å². The second-order valence-corrected chi connectivity index (χ2v) is 5.82. The number of nitrogens with zero attached hydrogens (tertiary/aromatic N) is 1. The molecule has 2 N–H and O–H groups in total. The van der Waals surface area contributed by atoms with Crippen LogP contribution in [-0.2, 0) is 10.0 Å². The van der Waals surface area contributed by atoms with E-state index in [4.69, 9.17) is 5.11 Å². The third kappa shape index (κ3) is 3.78. The molecule has 16 heavy (non-hydrogen) atoms. The van der Waals surface area contributed by atoms with Crippen molar-refractivity contribution >= 4 is 32.5 Å². The fraction of sp³-hybridized carbons (Fsp3) is 0.500. The second-order valence-electron chi connectivity index (χ2n) is 3.12. The van der Waals surface area contributed by atoms with Gasteiger partial charge in [-0.05, 0) is 6.42 Å². The Kier molecular flexibility index (Phi) is 4.25. The van der Waals surface area contributed by atoms with Crippen molar-refractivity contribution in [3.63, 3.8) is 0 Å². The van der Waals surface area contributed by atoms with E-state index in [1.54, 1.807) is 0 Å². The third-order valence-electron chi connectivity index (χ3n) is 1.73. The first-order valence-electron chi connectivity index (χ1n) is 4.64. The van der Waals surface area contributed by atoms with Crippen LogP contribution in [0.4, 0.5) is 5.13 Å². The van der Waals surface area contributed by atoms with Crippen molar-refractivity contribution in [1.29, 1.82) is 0 Å². The quantitative estimate of drug-likeness (QED) is 0.809. The second kappa shape index (κ2) is 5.26. The van der Waals surface area contributed by atoms with Crippen LogP contribution in [0.15, 0.2) is 5.38 Å².